The first-order chi connectivity index (χ1) is 8.38. The first kappa shape index (κ1) is 15.9. The van der Waals surface area contributed by atoms with Gasteiger partial charge in [0.15, 0.2) is 0 Å². The van der Waals surface area contributed by atoms with Gasteiger partial charge in [0.25, 0.3) is 0 Å². The second-order valence-corrected chi connectivity index (χ2v) is 7.12. The van der Waals surface area contributed by atoms with Crippen LogP contribution >= 0.6 is 0 Å². The van der Waals surface area contributed by atoms with Crippen LogP contribution in [0.4, 0.5) is 0 Å². The van der Waals surface area contributed by atoms with Crippen molar-refractivity contribution in [2.75, 3.05) is 39.4 Å². The quantitative estimate of drug-likeness (QED) is 0.789. The Labute approximate surface area is 113 Å². The minimum atomic E-state index is 0.368. The fraction of sp³-hybridized carbons (Fsp3) is 1.00. The lowest BCUT2D eigenvalue weighted by Crippen LogP contribution is -2.49. The molecule has 0 aromatic carbocycles. The molecule has 1 aliphatic rings. The van der Waals surface area contributed by atoms with E-state index in [4.69, 9.17) is 4.74 Å². The van der Waals surface area contributed by atoms with Crippen molar-refractivity contribution in [3.05, 3.63) is 0 Å². The third-order valence-electron chi connectivity index (χ3n) is 3.34. The fourth-order valence-corrected chi connectivity index (χ4v) is 2.46. The SMILES string of the molecule is CC(C)CC(CNCC(C)(C)C)N1CCOCC1. The maximum Gasteiger partial charge on any atom is 0.0594 e. The molecule has 0 radical (unpaired) electrons. The van der Waals surface area contributed by atoms with Crippen molar-refractivity contribution in [3.8, 4) is 0 Å². The Bertz CT molecular complexity index is 217. The Kier molecular flexibility index (Phi) is 6.61. The number of rotatable bonds is 6. The van der Waals surface area contributed by atoms with Crippen LogP contribution in [0.15, 0.2) is 0 Å². The van der Waals surface area contributed by atoms with E-state index in [-0.39, 0.29) is 0 Å². The molecule has 1 N–H and O–H groups in total. The summed E-state index contributed by atoms with van der Waals surface area (Å²) in [5.74, 6) is 0.759. The number of ether oxygens (including phenoxy) is 1. The van der Waals surface area contributed by atoms with Crippen molar-refractivity contribution in [1.82, 2.24) is 10.2 Å². The number of nitrogens with one attached hydrogen (secondary N) is 1. The van der Waals surface area contributed by atoms with Crippen LogP contribution in [0.1, 0.15) is 41.0 Å². The van der Waals surface area contributed by atoms with E-state index >= 15 is 0 Å². The summed E-state index contributed by atoms with van der Waals surface area (Å²) in [6.07, 6.45) is 1.27. The van der Waals surface area contributed by atoms with Gasteiger partial charge in [0.1, 0.15) is 0 Å². The molecule has 1 saturated heterocycles. The fourth-order valence-electron chi connectivity index (χ4n) is 2.46. The molecular formula is C15H32N2O. The Morgan fingerprint density at radius 2 is 1.78 bits per heavy atom. The Morgan fingerprint density at radius 3 is 2.28 bits per heavy atom. The minimum Gasteiger partial charge on any atom is -0.379 e. The molecule has 1 rings (SSSR count). The van der Waals surface area contributed by atoms with Crippen molar-refractivity contribution in [2.24, 2.45) is 11.3 Å². The topological polar surface area (TPSA) is 24.5 Å². The number of morpholine rings is 1. The second kappa shape index (κ2) is 7.46. The first-order valence-electron chi connectivity index (χ1n) is 7.41. The second-order valence-electron chi connectivity index (χ2n) is 7.12. The Morgan fingerprint density at radius 1 is 1.17 bits per heavy atom. The van der Waals surface area contributed by atoms with E-state index < -0.39 is 0 Å². The summed E-state index contributed by atoms with van der Waals surface area (Å²) in [5.41, 5.74) is 0.368. The summed E-state index contributed by atoms with van der Waals surface area (Å²) in [7, 11) is 0. The lowest BCUT2D eigenvalue weighted by atomic mass is 9.96. The van der Waals surface area contributed by atoms with Crippen molar-refractivity contribution in [1.29, 1.82) is 0 Å². The van der Waals surface area contributed by atoms with Crippen LogP contribution in [0.25, 0.3) is 0 Å². The summed E-state index contributed by atoms with van der Waals surface area (Å²) in [6.45, 7) is 17.7. The monoisotopic (exact) mass is 256 g/mol. The molecule has 108 valence electrons. The zero-order valence-corrected chi connectivity index (χ0v) is 13.0. The van der Waals surface area contributed by atoms with Crippen LogP contribution in [-0.2, 0) is 4.74 Å². The van der Waals surface area contributed by atoms with Gasteiger partial charge < -0.3 is 10.1 Å². The van der Waals surface area contributed by atoms with Gasteiger partial charge in [-0.1, -0.05) is 34.6 Å². The molecule has 0 aromatic heterocycles. The van der Waals surface area contributed by atoms with Crippen LogP contribution in [0.2, 0.25) is 0 Å². The van der Waals surface area contributed by atoms with E-state index in [0.29, 0.717) is 11.5 Å². The smallest absolute Gasteiger partial charge is 0.0594 e. The molecular weight excluding hydrogens is 224 g/mol. The molecule has 1 aliphatic heterocycles. The maximum atomic E-state index is 5.45. The van der Waals surface area contributed by atoms with E-state index in [0.717, 1.165) is 45.3 Å². The van der Waals surface area contributed by atoms with Gasteiger partial charge in [-0.15, -0.1) is 0 Å². The van der Waals surface area contributed by atoms with Gasteiger partial charge in [-0.25, -0.2) is 0 Å². The van der Waals surface area contributed by atoms with E-state index in [1.54, 1.807) is 0 Å². The molecule has 0 aliphatic carbocycles. The van der Waals surface area contributed by atoms with Gasteiger partial charge in [-0.2, -0.15) is 0 Å². The standard InChI is InChI=1S/C15H32N2O/c1-13(2)10-14(11-16-12-15(3,4)5)17-6-8-18-9-7-17/h13-14,16H,6-12H2,1-5H3. The number of nitrogens with zero attached hydrogens (tertiary/aromatic N) is 1. The van der Waals surface area contributed by atoms with Crippen molar-refractivity contribution < 1.29 is 4.74 Å². The third-order valence-corrected chi connectivity index (χ3v) is 3.34. The Hall–Kier alpha value is -0.120. The van der Waals surface area contributed by atoms with E-state index in [2.05, 4.69) is 44.8 Å². The van der Waals surface area contributed by atoms with Crippen molar-refractivity contribution >= 4 is 0 Å². The van der Waals surface area contributed by atoms with Crippen LogP contribution in [0.5, 0.6) is 0 Å². The zero-order chi connectivity index (χ0) is 13.6. The van der Waals surface area contributed by atoms with Crippen LogP contribution in [0, 0.1) is 11.3 Å². The summed E-state index contributed by atoms with van der Waals surface area (Å²) < 4.78 is 5.45. The normalized spacial score (nSPS) is 20.3. The van der Waals surface area contributed by atoms with Gasteiger partial charge in [0, 0.05) is 32.2 Å². The predicted molar refractivity (Wildman–Crippen MR) is 78.0 cm³/mol. The Balaban J connectivity index is 2.39. The highest BCUT2D eigenvalue weighted by Gasteiger charge is 2.22. The highest BCUT2D eigenvalue weighted by molar-refractivity contribution is 4.78. The summed E-state index contributed by atoms with van der Waals surface area (Å²) in [4.78, 5) is 2.60. The van der Waals surface area contributed by atoms with Gasteiger partial charge in [-0.3, -0.25) is 4.90 Å². The van der Waals surface area contributed by atoms with Crippen LogP contribution < -0.4 is 5.32 Å². The van der Waals surface area contributed by atoms with E-state index in [9.17, 15) is 0 Å². The van der Waals surface area contributed by atoms with Crippen molar-refractivity contribution in [3.63, 3.8) is 0 Å². The first-order valence-corrected chi connectivity index (χ1v) is 7.41. The molecule has 0 aromatic rings. The largest absolute Gasteiger partial charge is 0.379 e. The predicted octanol–water partition coefficient (Wildman–Crippen LogP) is 2.37. The van der Waals surface area contributed by atoms with Crippen molar-refractivity contribution in [2.45, 2.75) is 47.1 Å². The molecule has 0 saturated carbocycles. The highest BCUT2D eigenvalue weighted by atomic mass is 16.5. The summed E-state index contributed by atoms with van der Waals surface area (Å²) >= 11 is 0. The average molecular weight is 256 g/mol. The number of hydrogen-bond donors (Lipinski definition) is 1. The molecule has 3 heteroatoms. The lowest BCUT2D eigenvalue weighted by molar-refractivity contribution is 0.0120. The zero-order valence-electron chi connectivity index (χ0n) is 13.0. The molecule has 0 spiro atoms. The van der Waals surface area contributed by atoms with Gasteiger partial charge >= 0.3 is 0 Å². The van der Waals surface area contributed by atoms with E-state index in [1.165, 1.54) is 6.42 Å². The molecule has 0 amide bonds. The van der Waals surface area contributed by atoms with Crippen LogP contribution in [-0.4, -0.2) is 50.3 Å². The number of hydrogen-bond acceptors (Lipinski definition) is 3. The van der Waals surface area contributed by atoms with Gasteiger partial charge in [-0.05, 0) is 17.8 Å². The van der Waals surface area contributed by atoms with E-state index in [1.807, 2.05) is 0 Å². The highest BCUT2D eigenvalue weighted by Crippen LogP contribution is 2.14. The molecule has 3 nitrogen and oxygen atoms in total. The average Bonchev–Trinajstić information content (AvgIpc) is 2.27. The molecule has 1 fully saturated rings. The van der Waals surface area contributed by atoms with Gasteiger partial charge in [0.05, 0.1) is 13.2 Å². The van der Waals surface area contributed by atoms with Gasteiger partial charge in [0.2, 0.25) is 0 Å². The third kappa shape index (κ3) is 6.72. The maximum absolute atomic E-state index is 5.45. The minimum absolute atomic E-state index is 0.368. The molecule has 0 bridgehead atoms. The lowest BCUT2D eigenvalue weighted by Gasteiger charge is -2.36. The molecule has 1 atom stereocenters. The molecule has 1 heterocycles. The molecule has 1 unspecified atom stereocenters. The summed E-state index contributed by atoms with van der Waals surface area (Å²) in [6, 6.07) is 0.663. The molecule has 18 heavy (non-hydrogen) atoms. The summed E-state index contributed by atoms with van der Waals surface area (Å²) in [5, 5.41) is 3.65. The van der Waals surface area contributed by atoms with Crippen LogP contribution in [0.3, 0.4) is 0 Å².